The molecule has 0 aliphatic heterocycles. The minimum atomic E-state index is -1.07. The van der Waals surface area contributed by atoms with Gasteiger partial charge in [0.2, 0.25) is 0 Å². The highest BCUT2D eigenvalue weighted by molar-refractivity contribution is 6.35. The molecule has 0 aliphatic rings. The number of nitrogens with zero attached hydrogens (tertiary/aromatic N) is 2. The lowest BCUT2D eigenvalue weighted by molar-refractivity contribution is 0.0696. The molecule has 1 aromatic carbocycles. The Labute approximate surface area is 124 Å². The van der Waals surface area contributed by atoms with Crippen LogP contribution in [0.25, 0.3) is 22.4 Å². The monoisotopic (exact) mass is 303 g/mol. The van der Waals surface area contributed by atoms with E-state index in [1.54, 1.807) is 12.1 Å². The quantitative estimate of drug-likeness (QED) is 0.771. The van der Waals surface area contributed by atoms with Crippen molar-refractivity contribution in [2.24, 2.45) is 5.73 Å². The second kappa shape index (κ2) is 5.16. The predicted molar refractivity (Wildman–Crippen MR) is 77.1 cm³/mol. The molecule has 7 heteroatoms. The first-order chi connectivity index (χ1) is 10.1. The van der Waals surface area contributed by atoms with Gasteiger partial charge in [-0.1, -0.05) is 11.6 Å². The number of rotatable bonds is 3. The second-order valence-corrected chi connectivity index (χ2v) is 4.80. The van der Waals surface area contributed by atoms with E-state index in [-0.39, 0.29) is 12.1 Å². The number of furan rings is 1. The van der Waals surface area contributed by atoms with Crippen LogP contribution in [0.5, 0.6) is 0 Å². The van der Waals surface area contributed by atoms with Crippen LogP contribution in [0.2, 0.25) is 5.02 Å². The molecule has 3 aromatic rings. The number of hydrogen-bond acceptors (Lipinski definition) is 5. The Kier molecular flexibility index (Phi) is 3.32. The zero-order valence-corrected chi connectivity index (χ0v) is 11.5. The summed E-state index contributed by atoms with van der Waals surface area (Å²) < 4.78 is 5.51. The zero-order valence-electron chi connectivity index (χ0n) is 10.7. The number of carboxylic acids is 1. The summed E-state index contributed by atoms with van der Waals surface area (Å²) in [6, 6.07) is 5.29. The van der Waals surface area contributed by atoms with Gasteiger partial charge < -0.3 is 15.3 Å². The van der Waals surface area contributed by atoms with Crippen LogP contribution in [-0.4, -0.2) is 21.0 Å². The highest BCUT2D eigenvalue weighted by Gasteiger charge is 2.12. The largest absolute Gasteiger partial charge is 0.478 e. The van der Waals surface area contributed by atoms with Gasteiger partial charge in [-0.15, -0.1) is 0 Å². The molecule has 3 rings (SSSR count). The molecule has 0 amide bonds. The third-order valence-corrected chi connectivity index (χ3v) is 3.26. The summed E-state index contributed by atoms with van der Waals surface area (Å²) in [5.41, 5.74) is 6.80. The Morgan fingerprint density at radius 3 is 2.62 bits per heavy atom. The van der Waals surface area contributed by atoms with E-state index in [1.807, 2.05) is 6.07 Å². The number of benzene rings is 1. The first-order valence-corrected chi connectivity index (χ1v) is 6.44. The van der Waals surface area contributed by atoms with E-state index in [4.69, 9.17) is 26.9 Å². The van der Waals surface area contributed by atoms with Gasteiger partial charge in [-0.3, -0.25) is 0 Å². The molecule has 106 valence electrons. The fourth-order valence-corrected chi connectivity index (χ4v) is 2.25. The molecule has 0 spiro atoms. The summed E-state index contributed by atoms with van der Waals surface area (Å²) in [6.45, 7) is 0.282. The number of carboxylic acid groups (broad SMARTS) is 1. The van der Waals surface area contributed by atoms with E-state index in [2.05, 4.69) is 9.97 Å². The van der Waals surface area contributed by atoms with Crippen molar-refractivity contribution in [1.82, 2.24) is 9.97 Å². The van der Waals surface area contributed by atoms with Crippen LogP contribution in [0.3, 0.4) is 0 Å². The van der Waals surface area contributed by atoms with Crippen LogP contribution in [0.15, 0.2) is 35.0 Å². The van der Waals surface area contributed by atoms with E-state index in [0.717, 1.165) is 5.39 Å². The van der Waals surface area contributed by atoms with E-state index < -0.39 is 5.97 Å². The number of aromatic nitrogens is 2. The third kappa shape index (κ3) is 2.46. The van der Waals surface area contributed by atoms with E-state index in [1.165, 1.54) is 12.4 Å². The molecule has 0 atom stereocenters. The van der Waals surface area contributed by atoms with Gasteiger partial charge in [-0.2, -0.15) is 0 Å². The normalized spacial score (nSPS) is 11.0. The van der Waals surface area contributed by atoms with E-state index >= 15 is 0 Å². The van der Waals surface area contributed by atoms with Gasteiger partial charge in [0.15, 0.2) is 11.4 Å². The highest BCUT2D eigenvalue weighted by Crippen LogP contribution is 2.31. The fourth-order valence-electron chi connectivity index (χ4n) is 1.98. The first-order valence-electron chi connectivity index (χ1n) is 6.06. The SMILES string of the molecule is NCc1cc2cc(-c3ncc(C(=O)O)cn3)cc(Cl)c2o1. The zero-order chi connectivity index (χ0) is 15.0. The molecular weight excluding hydrogens is 294 g/mol. The second-order valence-electron chi connectivity index (χ2n) is 4.39. The minimum Gasteiger partial charge on any atom is -0.478 e. The van der Waals surface area contributed by atoms with Gasteiger partial charge in [0.1, 0.15) is 5.76 Å². The smallest absolute Gasteiger partial charge is 0.338 e. The number of halogens is 1. The fraction of sp³-hybridized carbons (Fsp3) is 0.0714. The van der Waals surface area contributed by atoms with Gasteiger partial charge in [-0.05, 0) is 18.2 Å². The Bertz CT molecular complexity index is 827. The summed E-state index contributed by atoms with van der Waals surface area (Å²) in [6.07, 6.45) is 2.51. The molecule has 0 aliphatic carbocycles. The minimum absolute atomic E-state index is 0.0275. The van der Waals surface area contributed by atoms with Crippen molar-refractivity contribution in [3.63, 3.8) is 0 Å². The molecule has 0 bridgehead atoms. The summed E-state index contributed by atoms with van der Waals surface area (Å²) in [5.74, 6) is -0.0528. The molecule has 21 heavy (non-hydrogen) atoms. The van der Waals surface area contributed by atoms with Crippen molar-refractivity contribution in [1.29, 1.82) is 0 Å². The lowest BCUT2D eigenvalue weighted by atomic mass is 10.1. The standard InChI is InChI=1S/C14H10ClN3O3/c15-11-3-8(1-7-2-10(4-16)21-12(7)11)13-17-5-9(6-18-13)14(19)20/h1-3,5-6H,4,16H2,(H,19,20). The summed E-state index contributed by atoms with van der Waals surface area (Å²) in [7, 11) is 0. The molecule has 0 saturated carbocycles. The third-order valence-electron chi connectivity index (χ3n) is 2.98. The number of fused-ring (bicyclic) bond motifs is 1. The van der Waals surface area contributed by atoms with Crippen LogP contribution >= 0.6 is 11.6 Å². The van der Waals surface area contributed by atoms with Crippen LogP contribution in [0.4, 0.5) is 0 Å². The lowest BCUT2D eigenvalue weighted by Gasteiger charge is -2.02. The Hall–Kier alpha value is -2.44. The molecule has 0 fully saturated rings. The van der Waals surface area contributed by atoms with Crippen molar-refractivity contribution < 1.29 is 14.3 Å². The van der Waals surface area contributed by atoms with Crippen molar-refractivity contribution in [2.45, 2.75) is 6.54 Å². The van der Waals surface area contributed by atoms with Crippen molar-refractivity contribution in [3.05, 3.63) is 46.9 Å². The molecule has 3 N–H and O–H groups in total. The van der Waals surface area contributed by atoms with Gasteiger partial charge in [0.25, 0.3) is 0 Å². The maximum atomic E-state index is 10.8. The van der Waals surface area contributed by atoms with Crippen LogP contribution in [0.1, 0.15) is 16.1 Å². The lowest BCUT2D eigenvalue weighted by Crippen LogP contribution is -1.99. The Morgan fingerprint density at radius 2 is 2.00 bits per heavy atom. The molecule has 2 heterocycles. The molecule has 2 aromatic heterocycles. The molecule has 0 unspecified atom stereocenters. The van der Waals surface area contributed by atoms with Crippen LogP contribution < -0.4 is 5.73 Å². The van der Waals surface area contributed by atoms with Gasteiger partial charge in [0.05, 0.1) is 17.1 Å². The molecule has 0 saturated heterocycles. The van der Waals surface area contributed by atoms with E-state index in [9.17, 15) is 4.79 Å². The summed E-state index contributed by atoms with van der Waals surface area (Å²) in [5, 5.41) is 10.1. The van der Waals surface area contributed by atoms with Crippen LogP contribution in [0, 0.1) is 0 Å². The number of nitrogens with two attached hydrogens (primary N) is 1. The topological polar surface area (TPSA) is 102 Å². The Balaban J connectivity index is 2.09. The molecule has 0 radical (unpaired) electrons. The number of hydrogen-bond donors (Lipinski definition) is 2. The number of aromatic carboxylic acids is 1. The maximum Gasteiger partial charge on any atom is 0.338 e. The summed E-state index contributed by atoms with van der Waals surface area (Å²) >= 11 is 6.18. The summed E-state index contributed by atoms with van der Waals surface area (Å²) in [4.78, 5) is 18.9. The van der Waals surface area contributed by atoms with E-state index in [0.29, 0.717) is 27.8 Å². The maximum absolute atomic E-state index is 10.8. The van der Waals surface area contributed by atoms with Gasteiger partial charge >= 0.3 is 5.97 Å². The average Bonchev–Trinajstić information content (AvgIpc) is 2.91. The average molecular weight is 304 g/mol. The van der Waals surface area contributed by atoms with Crippen LogP contribution in [-0.2, 0) is 6.54 Å². The number of carbonyl (C=O) groups is 1. The Morgan fingerprint density at radius 1 is 1.29 bits per heavy atom. The highest BCUT2D eigenvalue weighted by atomic mass is 35.5. The molecular formula is C14H10ClN3O3. The first kappa shape index (κ1) is 13.5. The molecule has 6 nitrogen and oxygen atoms in total. The van der Waals surface area contributed by atoms with Gasteiger partial charge in [0, 0.05) is 23.3 Å². The van der Waals surface area contributed by atoms with Crippen molar-refractivity contribution in [2.75, 3.05) is 0 Å². The van der Waals surface area contributed by atoms with Gasteiger partial charge in [-0.25, -0.2) is 14.8 Å². The van der Waals surface area contributed by atoms with Crippen molar-refractivity contribution in [3.8, 4) is 11.4 Å². The predicted octanol–water partition coefficient (Wildman–Crippen LogP) is 2.70. The van der Waals surface area contributed by atoms with Crippen molar-refractivity contribution >= 4 is 28.5 Å².